The fourth-order valence-corrected chi connectivity index (χ4v) is 3.08. The van der Waals surface area contributed by atoms with E-state index < -0.39 is 0 Å². The van der Waals surface area contributed by atoms with Crippen molar-refractivity contribution in [1.29, 1.82) is 0 Å². The molecule has 1 amide bonds. The molecule has 0 spiro atoms. The molecule has 1 N–H and O–H groups in total. The Kier molecular flexibility index (Phi) is 6.21. The third-order valence-electron chi connectivity index (χ3n) is 3.08. The maximum Gasteiger partial charge on any atom is 0.234 e. The van der Waals surface area contributed by atoms with E-state index in [1.54, 1.807) is 23.5 Å². The Morgan fingerprint density at radius 3 is 2.48 bits per heavy atom. The second-order valence-electron chi connectivity index (χ2n) is 4.70. The molecule has 110 valence electrons. The first kappa shape index (κ1) is 16.0. The topological polar surface area (TPSA) is 29.1 Å². The van der Waals surface area contributed by atoms with Crippen LogP contribution < -0.4 is 5.32 Å². The van der Waals surface area contributed by atoms with E-state index in [0.29, 0.717) is 5.75 Å². The van der Waals surface area contributed by atoms with E-state index in [-0.39, 0.29) is 5.91 Å². The van der Waals surface area contributed by atoms with Crippen molar-refractivity contribution in [3.05, 3.63) is 59.7 Å². The van der Waals surface area contributed by atoms with Gasteiger partial charge in [-0.2, -0.15) is 0 Å². The molecule has 0 atom stereocenters. The lowest BCUT2D eigenvalue weighted by Crippen LogP contribution is -2.14. The largest absolute Gasteiger partial charge is 0.325 e. The van der Waals surface area contributed by atoms with Crippen molar-refractivity contribution in [2.75, 3.05) is 17.3 Å². The Morgan fingerprint density at radius 1 is 1.10 bits per heavy atom. The summed E-state index contributed by atoms with van der Waals surface area (Å²) in [6.07, 6.45) is 2.07. The van der Waals surface area contributed by atoms with Crippen molar-refractivity contribution < 1.29 is 4.79 Å². The van der Waals surface area contributed by atoms with Crippen molar-refractivity contribution in [3.63, 3.8) is 0 Å². The Balaban J connectivity index is 1.77. The van der Waals surface area contributed by atoms with Gasteiger partial charge in [0.05, 0.1) is 5.75 Å². The van der Waals surface area contributed by atoms with Crippen LogP contribution in [0.4, 0.5) is 5.69 Å². The molecule has 0 aromatic heterocycles. The van der Waals surface area contributed by atoms with Crippen LogP contribution in [-0.2, 0) is 10.5 Å². The van der Waals surface area contributed by atoms with Crippen LogP contribution in [0.1, 0.15) is 11.1 Å². The van der Waals surface area contributed by atoms with E-state index in [1.807, 2.05) is 31.2 Å². The van der Waals surface area contributed by atoms with Crippen molar-refractivity contribution in [3.8, 4) is 0 Å². The molecule has 0 aliphatic carbocycles. The van der Waals surface area contributed by atoms with Crippen molar-refractivity contribution >= 4 is 35.1 Å². The van der Waals surface area contributed by atoms with Crippen LogP contribution in [0.25, 0.3) is 0 Å². The van der Waals surface area contributed by atoms with Crippen LogP contribution in [0.3, 0.4) is 0 Å². The van der Waals surface area contributed by atoms with Gasteiger partial charge < -0.3 is 5.32 Å². The molecule has 4 heteroatoms. The van der Waals surface area contributed by atoms with Gasteiger partial charge in [-0.25, -0.2) is 0 Å². The lowest BCUT2D eigenvalue weighted by atomic mass is 10.2. The van der Waals surface area contributed by atoms with Gasteiger partial charge in [-0.05, 0) is 42.5 Å². The number of aryl methyl sites for hydroxylation is 1. The first-order valence-corrected chi connectivity index (χ1v) is 9.13. The van der Waals surface area contributed by atoms with Gasteiger partial charge in [0.1, 0.15) is 0 Å². The smallest absolute Gasteiger partial charge is 0.234 e. The molecule has 0 heterocycles. The number of hydrogen-bond donors (Lipinski definition) is 1. The molecule has 2 rings (SSSR count). The summed E-state index contributed by atoms with van der Waals surface area (Å²) in [5.74, 6) is 1.38. The molecular weight excluding hydrogens is 298 g/mol. The highest BCUT2D eigenvalue weighted by Crippen LogP contribution is 2.19. The molecule has 0 aliphatic rings. The molecule has 2 aromatic rings. The minimum absolute atomic E-state index is 0.0510. The van der Waals surface area contributed by atoms with Gasteiger partial charge in [0, 0.05) is 16.3 Å². The molecule has 0 unspecified atom stereocenters. The number of benzene rings is 2. The van der Waals surface area contributed by atoms with Gasteiger partial charge >= 0.3 is 0 Å². The molecule has 2 nitrogen and oxygen atoms in total. The minimum atomic E-state index is 0.0510. The van der Waals surface area contributed by atoms with E-state index in [1.165, 1.54) is 10.5 Å². The highest BCUT2D eigenvalue weighted by Gasteiger charge is 2.04. The van der Waals surface area contributed by atoms with E-state index in [9.17, 15) is 4.79 Å². The van der Waals surface area contributed by atoms with Gasteiger partial charge in [-0.15, -0.1) is 23.5 Å². The van der Waals surface area contributed by atoms with Gasteiger partial charge in [0.15, 0.2) is 0 Å². The number of carbonyl (C=O) groups excluding carboxylic acids is 1. The first-order valence-electron chi connectivity index (χ1n) is 6.75. The summed E-state index contributed by atoms with van der Waals surface area (Å²) in [6.45, 7) is 2.00. The van der Waals surface area contributed by atoms with Crippen molar-refractivity contribution in [2.24, 2.45) is 0 Å². The van der Waals surface area contributed by atoms with Crippen molar-refractivity contribution in [2.45, 2.75) is 17.6 Å². The predicted octanol–water partition coefficient (Wildman–Crippen LogP) is 4.59. The zero-order valence-electron chi connectivity index (χ0n) is 12.3. The molecule has 0 saturated carbocycles. The fourth-order valence-electron chi connectivity index (χ4n) is 1.88. The molecule has 2 aromatic carbocycles. The van der Waals surface area contributed by atoms with Crippen LogP contribution in [0, 0.1) is 6.92 Å². The predicted molar refractivity (Wildman–Crippen MR) is 94.2 cm³/mol. The van der Waals surface area contributed by atoms with Crippen molar-refractivity contribution in [1.82, 2.24) is 0 Å². The first-order chi connectivity index (χ1) is 10.2. The van der Waals surface area contributed by atoms with E-state index in [2.05, 4.69) is 35.8 Å². The summed E-state index contributed by atoms with van der Waals surface area (Å²) in [5, 5.41) is 2.95. The lowest BCUT2D eigenvalue weighted by Gasteiger charge is -2.08. The standard InChI is InChI=1S/C17H19NOS2/c1-13-5-3-4-6-16(13)18-17(19)12-21-11-14-7-9-15(20-2)10-8-14/h3-10H,11-12H2,1-2H3,(H,18,19). The summed E-state index contributed by atoms with van der Waals surface area (Å²) in [6, 6.07) is 16.3. The van der Waals surface area contributed by atoms with E-state index in [0.717, 1.165) is 17.0 Å². The highest BCUT2D eigenvalue weighted by atomic mass is 32.2. The highest BCUT2D eigenvalue weighted by molar-refractivity contribution is 7.99. The fraction of sp³-hybridized carbons (Fsp3) is 0.235. The zero-order valence-corrected chi connectivity index (χ0v) is 13.9. The summed E-state index contributed by atoms with van der Waals surface area (Å²) >= 11 is 3.37. The summed E-state index contributed by atoms with van der Waals surface area (Å²) in [5.41, 5.74) is 3.23. The molecule has 0 radical (unpaired) electrons. The molecule has 0 saturated heterocycles. The van der Waals surface area contributed by atoms with Gasteiger partial charge in [0.2, 0.25) is 5.91 Å². The second-order valence-corrected chi connectivity index (χ2v) is 6.57. The number of hydrogen-bond acceptors (Lipinski definition) is 3. The number of thioether (sulfide) groups is 2. The Bertz CT molecular complexity index is 596. The Morgan fingerprint density at radius 2 is 1.81 bits per heavy atom. The van der Waals surface area contributed by atoms with Crippen LogP contribution >= 0.6 is 23.5 Å². The van der Waals surface area contributed by atoms with Crippen LogP contribution in [0.2, 0.25) is 0 Å². The summed E-state index contributed by atoms with van der Waals surface area (Å²) < 4.78 is 0. The monoisotopic (exact) mass is 317 g/mol. The van der Waals surface area contributed by atoms with E-state index >= 15 is 0 Å². The van der Waals surface area contributed by atoms with Crippen LogP contribution in [0.15, 0.2) is 53.4 Å². The average molecular weight is 317 g/mol. The van der Waals surface area contributed by atoms with Crippen LogP contribution in [0.5, 0.6) is 0 Å². The van der Waals surface area contributed by atoms with Gasteiger partial charge in [0.25, 0.3) is 0 Å². The molecule has 0 aliphatic heterocycles. The van der Waals surface area contributed by atoms with E-state index in [4.69, 9.17) is 0 Å². The molecule has 0 fully saturated rings. The lowest BCUT2D eigenvalue weighted by molar-refractivity contribution is -0.113. The Hall–Kier alpha value is -1.39. The summed E-state index contributed by atoms with van der Waals surface area (Å²) in [4.78, 5) is 13.2. The third kappa shape index (κ3) is 5.14. The Labute approximate surface area is 134 Å². The number of nitrogens with one attached hydrogen (secondary N) is 1. The van der Waals surface area contributed by atoms with Gasteiger partial charge in [-0.1, -0.05) is 30.3 Å². The molecule has 21 heavy (non-hydrogen) atoms. The normalized spacial score (nSPS) is 10.4. The zero-order chi connectivity index (χ0) is 15.1. The number of amides is 1. The molecule has 0 bridgehead atoms. The molecular formula is C17H19NOS2. The summed E-state index contributed by atoms with van der Waals surface area (Å²) in [7, 11) is 0. The van der Waals surface area contributed by atoms with Crippen LogP contribution in [-0.4, -0.2) is 17.9 Å². The SMILES string of the molecule is CSc1ccc(CSCC(=O)Nc2ccccc2C)cc1. The maximum absolute atomic E-state index is 11.9. The number of anilines is 1. The number of carbonyl (C=O) groups is 1. The quantitative estimate of drug-likeness (QED) is 0.790. The maximum atomic E-state index is 11.9. The third-order valence-corrected chi connectivity index (χ3v) is 4.83. The minimum Gasteiger partial charge on any atom is -0.325 e. The number of para-hydroxylation sites is 1. The average Bonchev–Trinajstić information content (AvgIpc) is 2.50. The van der Waals surface area contributed by atoms with Gasteiger partial charge in [-0.3, -0.25) is 4.79 Å². The second kappa shape index (κ2) is 8.15. The number of rotatable bonds is 6.